The zero-order chi connectivity index (χ0) is 19.3. The number of hydrogen-bond acceptors (Lipinski definition) is 4. The molecular formula is C23H16ClNO3. The van der Waals surface area contributed by atoms with Gasteiger partial charge in [0, 0.05) is 16.1 Å². The van der Waals surface area contributed by atoms with Crippen LogP contribution in [0.25, 0.3) is 6.08 Å². The summed E-state index contributed by atoms with van der Waals surface area (Å²) < 4.78 is 5.79. The van der Waals surface area contributed by atoms with Crippen molar-refractivity contribution in [2.45, 2.75) is 6.61 Å². The van der Waals surface area contributed by atoms with Crippen molar-refractivity contribution in [3.05, 3.63) is 106 Å². The van der Waals surface area contributed by atoms with E-state index in [0.29, 0.717) is 28.7 Å². The Balaban J connectivity index is 1.50. The van der Waals surface area contributed by atoms with Gasteiger partial charge in [-0.3, -0.25) is 0 Å². The van der Waals surface area contributed by atoms with E-state index < -0.39 is 5.97 Å². The lowest BCUT2D eigenvalue weighted by Crippen LogP contribution is -2.06. The highest BCUT2D eigenvalue weighted by atomic mass is 35.5. The molecule has 28 heavy (non-hydrogen) atoms. The summed E-state index contributed by atoms with van der Waals surface area (Å²) in [6.45, 7) is 0.386. The van der Waals surface area contributed by atoms with E-state index in [1.165, 1.54) is 0 Å². The van der Waals surface area contributed by atoms with Crippen molar-refractivity contribution >= 4 is 29.4 Å². The Hall–Kier alpha value is -3.37. The van der Waals surface area contributed by atoms with E-state index >= 15 is 0 Å². The molecule has 1 aliphatic rings. The molecule has 0 aromatic heterocycles. The molecule has 0 spiro atoms. The molecule has 1 aliphatic heterocycles. The lowest BCUT2D eigenvalue weighted by Gasteiger charge is -2.08. The largest absolute Gasteiger partial charge is 0.489 e. The van der Waals surface area contributed by atoms with Crippen LogP contribution >= 0.6 is 11.6 Å². The maximum absolute atomic E-state index is 12.1. The lowest BCUT2D eigenvalue weighted by atomic mass is 10.0. The van der Waals surface area contributed by atoms with E-state index in [1.807, 2.05) is 78.9 Å². The third kappa shape index (κ3) is 3.97. The second-order valence-electron chi connectivity index (χ2n) is 6.19. The summed E-state index contributed by atoms with van der Waals surface area (Å²) in [6, 6.07) is 24.5. The molecule has 4 nitrogen and oxygen atoms in total. The van der Waals surface area contributed by atoms with Crippen LogP contribution in [0.3, 0.4) is 0 Å². The third-order valence-electron chi connectivity index (χ3n) is 4.29. The molecule has 138 valence electrons. The lowest BCUT2D eigenvalue weighted by molar-refractivity contribution is -0.136. The van der Waals surface area contributed by atoms with Crippen molar-refractivity contribution < 1.29 is 14.4 Å². The number of carbonyl (C=O) groups excluding carboxylic acids is 1. The predicted octanol–water partition coefficient (Wildman–Crippen LogP) is 5.26. The van der Waals surface area contributed by atoms with Crippen molar-refractivity contribution in [1.29, 1.82) is 0 Å². The number of halogens is 1. The summed E-state index contributed by atoms with van der Waals surface area (Å²) in [5.41, 5.74) is 3.57. The maximum Gasteiger partial charge on any atom is 0.368 e. The van der Waals surface area contributed by atoms with Crippen LogP contribution in [0.4, 0.5) is 0 Å². The van der Waals surface area contributed by atoms with Gasteiger partial charge in [-0.25, -0.2) is 4.79 Å². The van der Waals surface area contributed by atoms with Crippen LogP contribution in [0, 0.1) is 0 Å². The topological polar surface area (TPSA) is 47.9 Å². The summed E-state index contributed by atoms with van der Waals surface area (Å²) in [4.78, 5) is 16.9. The van der Waals surface area contributed by atoms with Gasteiger partial charge in [0.15, 0.2) is 0 Å². The van der Waals surface area contributed by atoms with E-state index in [9.17, 15) is 4.79 Å². The molecule has 1 heterocycles. The molecule has 0 aliphatic carbocycles. The molecule has 0 saturated heterocycles. The monoisotopic (exact) mass is 389 g/mol. The Labute approximate surface area is 167 Å². The fourth-order valence-electron chi connectivity index (χ4n) is 2.82. The fourth-order valence-corrected chi connectivity index (χ4v) is 3.01. The normalized spacial score (nSPS) is 14.7. The molecule has 0 saturated carbocycles. The second-order valence-corrected chi connectivity index (χ2v) is 6.60. The fraction of sp³-hybridized carbons (Fsp3) is 0.0435. The molecule has 3 aromatic rings. The van der Waals surface area contributed by atoms with Gasteiger partial charge >= 0.3 is 5.97 Å². The number of hydrogen-bond donors (Lipinski definition) is 0. The van der Waals surface area contributed by atoms with Crippen molar-refractivity contribution in [1.82, 2.24) is 0 Å². The first-order chi connectivity index (χ1) is 13.7. The number of nitrogens with zero attached hydrogens (tertiary/aromatic N) is 1. The first-order valence-electron chi connectivity index (χ1n) is 8.74. The highest BCUT2D eigenvalue weighted by Crippen LogP contribution is 2.23. The van der Waals surface area contributed by atoms with Gasteiger partial charge in [0.1, 0.15) is 18.1 Å². The minimum absolute atomic E-state index is 0.386. The second kappa shape index (κ2) is 8.11. The Kier molecular flexibility index (Phi) is 5.22. The number of carbonyl (C=O) groups is 1. The summed E-state index contributed by atoms with van der Waals surface area (Å²) in [7, 11) is 0. The van der Waals surface area contributed by atoms with Gasteiger partial charge < -0.3 is 9.57 Å². The first-order valence-corrected chi connectivity index (χ1v) is 9.11. The zero-order valence-corrected chi connectivity index (χ0v) is 15.6. The van der Waals surface area contributed by atoms with Crippen LogP contribution in [0.1, 0.15) is 16.7 Å². The predicted molar refractivity (Wildman–Crippen MR) is 109 cm³/mol. The van der Waals surface area contributed by atoms with Crippen molar-refractivity contribution in [2.75, 3.05) is 0 Å². The Morgan fingerprint density at radius 3 is 2.39 bits per heavy atom. The minimum atomic E-state index is -0.460. The molecular weight excluding hydrogens is 374 g/mol. The number of benzene rings is 3. The highest BCUT2D eigenvalue weighted by Gasteiger charge is 2.26. The molecule has 0 amide bonds. The molecule has 0 atom stereocenters. The van der Waals surface area contributed by atoms with Gasteiger partial charge in [-0.05, 0) is 29.8 Å². The van der Waals surface area contributed by atoms with Crippen LogP contribution in [0.15, 0.2) is 89.6 Å². The quantitative estimate of drug-likeness (QED) is 0.441. The molecule has 0 bridgehead atoms. The van der Waals surface area contributed by atoms with Crippen LogP contribution in [0.2, 0.25) is 5.02 Å². The van der Waals surface area contributed by atoms with E-state index in [-0.39, 0.29) is 0 Å². The number of ether oxygens (including phenoxy) is 1. The van der Waals surface area contributed by atoms with Crippen LogP contribution in [0.5, 0.6) is 5.75 Å². The van der Waals surface area contributed by atoms with E-state index in [0.717, 1.165) is 16.7 Å². The zero-order valence-electron chi connectivity index (χ0n) is 14.8. The molecule has 0 fully saturated rings. The van der Waals surface area contributed by atoms with Crippen LogP contribution < -0.4 is 4.74 Å². The summed E-state index contributed by atoms with van der Waals surface area (Å²) in [5.74, 6) is 0.255. The van der Waals surface area contributed by atoms with Gasteiger partial charge in [0.2, 0.25) is 0 Å². The van der Waals surface area contributed by atoms with Gasteiger partial charge in [-0.15, -0.1) is 0 Å². The molecule has 0 radical (unpaired) electrons. The number of oxime groups is 1. The summed E-state index contributed by atoms with van der Waals surface area (Å²) in [6.07, 6.45) is 1.76. The summed E-state index contributed by atoms with van der Waals surface area (Å²) in [5, 5.41) is 4.59. The molecule has 5 heteroatoms. The van der Waals surface area contributed by atoms with Gasteiger partial charge in [-0.2, -0.15) is 0 Å². The minimum Gasteiger partial charge on any atom is -0.489 e. The molecule has 0 N–H and O–H groups in total. The third-order valence-corrected chi connectivity index (χ3v) is 4.65. The average molecular weight is 390 g/mol. The number of rotatable bonds is 5. The Bertz CT molecular complexity index is 1060. The molecule has 4 rings (SSSR count). The summed E-state index contributed by atoms with van der Waals surface area (Å²) >= 11 is 6.15. The van der Waals surface area contributed by atoms with E-state index in [2.05, 4.69) is 5.16 Å². The Morgan fingerprint density at radius 2 is 1.64 bits per heavy atom. The smallest absolute Gasteiger partial charge is 0.368 e. The van der Waals surface area contributed by atoms with E-state index in [4.69, 9.17) is 21.2 Å². The van der Waals surface area contributed by atoms with Crippen LogP contribution in [-0.2, 0) is 16.2 Å². The molecule has 0 unspecified atom stereocenters. The first kappa shape index (κ1) is 18.0. The van der Waals surface area contributed by atoms with Crippen molar-refractivity contribution in [3.8, 4) is 5.75 Å². The van der Waals surface area contributed by atoms with Gasteiger partial charge in [-0.1, -0.05) is 77.4 Å². The van der Waals surface area contributed by atoms with Gasteiger partial charge in [0.05, 0.1) is 5.57 Å². The molecule has 3 aromatic carbocycles. The SMILES string of the molecule is O=C1ON=C(c2ccccc2)C1=Cc1ccc(OCc2ccccc2Cl)cc1. The highest BCUT2D eigenvalue weighted by molar-refractivity contribution is 6.31. The van der Waals surface area contributed by atoms with Gasteiger partial charge in [0.25, 0.3) is 0 Å². The van der Waals surface area contributed by atoms with Crippen LogP contribution in [-0.4, -0.2) is 11.7 Å². The Morgan fingerprint density at radius 1 is 0.929 bits per heavy atom. The van der Waals surface area contributed by atoms with E-state index in [1.54, 1.807) is 6.08 Å². The van der Waals surface area contributed by atoms with Crippen molar-refractivity contribution in [2.24, 2.45) is 5.16 Å². The average Bonchev–Trinajstić information content (AvgIpc) is 3.09. The maximum atomic E-state index is 12.1. The standard InChI is InChI=1S/C23H16ClNO3/c24-21-9-5-4-8-18(21)15-27-19-12-10-16(11-13-19)14-20-22(25-28-23(20)26)17-6-2-1-3-7-17/h1-14H,15H2. The van der Waals surface area contributed by atoms with Crippen molar-refractivity contribution in [3.63, 3.8) is 0 Å².